The molecule has 1 aromatic carbocycles. The summed E-state index contributed by atoms with van der Waals surface area (Å²) in [6.07, 6.45) is 1.46. The van der Waals surface area contributed by atoms with E-state index in [1.807, 2.05) is 18.2 Å². The van der Waals surface area contributed by atoms with Gasteiger partial charge in [-0.1, -0.05) is 6.07 Å². The van der Waals surface area contributed by atoms with Crippen LogP contribution in [0.25, 0.3) is 0 Å². The number of piperazine rings is 1. The standard InChI is InChI=1S/C18H25N3O6S/c1-28(25,26)21-7-5-14-11-16(4-3-15(14)12-21)27-10-2-6-19-8-9-20(18(23)24)13-17(19)22/h3-4,11H,2,5-10,12-13H2,1H3,(H,23,24). The van der Waals surface area contributed by atoms with E-state index in [1.165, 1.54) is 10.6 Å². The van der Waals surface area contributed by atoms with Crippen molar-refractivity contribution in [2.45, 2.75) is 19.4 Å². The van der Waals surface area contributed by atoms with Crippen LogP contribution in [-0.2, 0) is 27.8 Å². The molecular weight excluding hydrogens is 386 g/mol. The van der Waals surface area contributed by atoms with Gasteiger partial charge in [0.1, 0.15) is 12.3 Å². The molecule has 9 nitrogen and oxygen atoms in total. The van der Waals surface area contributed by atoms with Crippen LogP contribution in [0.1, 0.15) is 17.5 Å². The highest BCUT2D eigenvalue weighted by Crippen LogP contribution is 2.25. The lowest BCUT2D eigenvalue weighted by atomic mass is 10.0. The molecule has 1 fully saturated rings. The first-order chi connectivity index (χ1) is 13.2. The van der Waals surface area contributed by atoms with Crippen LogP contribution < -0.4 is 4.74 Å². The molecule has 2 amide bonds. The van der Waals surface area contributed by atoms with Gasteiger partial charge < -0.3 is 14.7 Å². The molecule has 2 heterocycles. The molecule has 1 aromatic rings. The fourth-order valence-corrected chi connectivity index (χ4v) is 4.23. The number of benzene rings is 1. The fourth-order valence-electron chi connectivity index (χ4n) is 3.43. The summed E-state index contributed by atoms with van der Waals surface area (Å²) in [6, 6.07) is 5.68. The number of rotatable bonds is 6. The van der Waals surface area contributed by atoms with Crippen LogP contribution in [0.15, 0.2) is 18.2 Å². The van der Waals surface area contributed by atoms with Gasteiger partial charge in [-0.05, 0) is 36.1 Å². The quantitative estimate of drug-likeness (QED) is 0.687. The molecule has 0 aromatic heterocycles. The van der Waals surface area contributed by atoms with Crippen LogP contribution >= 0.6 is 0 Å². The van der Waals surface area contributed by atoms with E-state index >= 15 is 0 Å². The monoisotopic (exact) mass is 411 g/mol. The van der Waals surface area contributed by atoms with Crippen molar-refractivity contribution >= 4 is 22.0 Å². The zero-order valence-corrected chi connectivity index (χ0v) is 16.7. The summed E-state index contributed by atoms with van der Waals surface area (Å²) in [4.78, 5) is 25.6. The maximum Gasteiger partial charge on any atom is 0.407 e. The number of sulfonamides is 1. The van der Waals surface area contributed by atoms with Crippen molar-refractivity contribution in [3.63, 3.8) is 0 Å². The van der Waals surface area contributed by atoms with Gasteiger partial charge in [0.05, 0.1) is 12.9 Å². The van der Waals surface area contributed by atoms with E-state index in [-0.39, 0.29) is 12.5 Å². The van der Waals surface area contributed by atoms with Crippen LogP contribution in [-0.4, -0.2) is 85.2 Å². The topological polar surface area (TPSA) is 107 Å². The Morgan fingerprint density at radius 1 is 1.18 bits per heavy atom. The van der Waals surface area contributed by atoms with Crippen molar-refractivity contribution in [3.05, 3.63) is 29.3 Å². The molecule has 0 bridgehead atoms. The normalized spacial score (nSPS) is 18.1. The summed E-state index contributed by atoms with van der Waals surface area (Å²) in [7, 11) is -3.19. The van der Waals surface area contributed by atoms with E-state index < -0.39 is 16.1 Å². The zero-order valence-electron chi connectivity index (χ0n) is 15.8. The van der Waals surface area contributed by atoms with Crippen molar-refractivity contribution in [2.24, 2.45) is 0 Å². The number of amides is 2. The van der Waals surface area contributed by atoms with Crippen LogP contribution in [0.4, 0.5) is 4.79 Å². The van der Waals surface area contributed by atoms with Crippen molar-refractivity contribution < 1.29 is 27.9 Å². The smallest absolute Gasteiger partial charge is 0.407 e. The Morgan fingerprint density at radius 2 is 1.96 bits per heavy atom. The van der Waals surface area contributed by atoms with Crippen LogP contribution in [0.2, 0.25) is 0 Å². The lowest BCUT2D eigenvalue weighted by Gasteiger charge is -2.32. The first kappa shape index (κ1) is 20.4. The first-order valence-electron chi connectivity index (χ1n) is 9.19. The molecule has 1 saturated heterocycles. The van der Waals surface area contributed by atoms with Crippen molar-refractivity contribution in [2.75, 3.05) is 45.6 Å². The molecule has 154 valence electrons. The Bertz CT molecular complexity index is 857. The minimum absolute atomic E-state index is 0.0918. The van der Waals surface area contributed by atoms with E-state index in [0.717, 1.165) is 21.8 Å². The Hall–Kier alpha value is -2.33. The van der Waals surface area contributed by atoms with Gasteiger partial charge in [0.15, 0.2) is 0 Å². The Labute approximate surface area is 164 Å². The summed E-state index contributed by atoms with van der Waals surface area (Å²) in [5, 5.41) is 8.92. The SMILES string of the molecule is CS(=O)(=O)N1CCc2cc(OCCCN3CCN(C(=O)O)CC3=O)ccc2C1. The molecule has 1 N–H and O–H groups in total. The van der Waals surface area contributed by atoms with Crippen molar-refractivity contribution in [1.29, 1.82) is 0 Å². The van der Waals surface area contributed by atoms with E-state index in [2.05, 4.69) is 0 Å². The maximum absolute atomic E-state index is 12.0. The molecule has 0 spiro atoms. The van der Waals surface area contributed by atoms with Crippen molar-refractivity contribution in [3.8, 4) is 5.75 Å². The molecule has 0 unspecified atom stereocenters. The fraction of sp³-hybridized carbons (Fsp3) is 0.556. The molecular formula is C18H25N3O6S. The van der Waals surface area contributed by atoms with Crippen LogP contribution in [0.3, 0.4) is 0 Å². The predicted molar refractivity (Wildman–Crippen MR) is 102 cm³/mol. The molecule has 0 aliphatic carbocycles. The molecule has 3 rings (SSSR count). The molecule has 0 atom stereocenters. The maximum atomic E-state index is 12.0. The van der Waals surface area contributed by atoms with Crippen molar-refractivity contribution in [1.82, 2.24) is 14.1 Å². The summed E-state index contributed by atoms with van der Waals surface area (Å²) < 4.78 is 30.6. The zero-order chi connectivity index (χ0) is 20.3. The number of hydrogen-bond acceptors (Lipinski definition) is 5. The second-order valence-electron chi connectivity index (χ2n) is 7.06. The number of ether oxygens (including phenoxy) is 1. The molecule has 2 aliphatic rings. The number of nitrogens with zero attached hydrogens (tertiary/aromatic N) is 3. The van der Waals surface area contributed by atoms with Gasteiger partial charge in [-0.2, -0.15) is 4.31 Å². The first-order valence-corrected chi connectivity index (χ1v) is 11.0. The van der Waals surface area contributed by atoms with Crippen LogP contribution in [0, 0.1) is 0 Å². The Balaban J connectivity index is 1.45. The minimum atomic E-state index is -3.19. The second-order valence-corrected chi connectivity index (χ2v) is 9.05. The molecule has 2 aliphatic heterocycles. The third-order valence-electron chi connectivity index (χ3n) is 5.05. The molecule has 0 saturated carbocycles. The number of carbonyl (C=O) groups excluding carboxylic acids is 1. The largest absolute Gasteiger partial charge is 0.494 e. The van der Waals surface area contributed by atoms with Gasteiger partial charge in [0, 0.05) is 32.7 Å². The highest BCUT2D eigenvalue weighted by Gasteiger charge is 2.26. The van der Waals surface area contributed by atoms with Crippen LogP contribution in [0.5, 0.6) is 5.75 Å². The van der Waals surface area contributed by atoms with Gasteiger partial charge in [-0.3, -0.25) is 9.69 Å². The van der Waals surface area contributed by atoms with Gasteiger partial charge in [0.25, 0.3) is 0 Å². The van der Waals surface area contributed by atoms with Gasteiger partial charge >= 0.3 is 6.09 Å². The molecule has 0 radical (unpaired) electrons. The number of carboxylic acid groups (broad SMARTS) is 1. The molecule has 10 heteroatoms. The highest BCUT2D eigenvalue weighted by atomic mass is 32.2. The number of carbonyl (C=O) groups is 2. The van der Waals surface area contributed by atoms with Gasteiger partial charge in [-0.15, -0.1) is 0 Å². The lowest BCUT2D eigenvalue weighted by Crippen LogP contribution is -2.52. The minimum Gasteiger partial charge on any atom is -0.494 e. The number of hydrogen-bond donors (Lipinski definition) is 1. The van der Waals surface area contributed by atoms with E-state index in [0.29, 0.717) is 52.2 Å². The third-order valence-corrected chi connectivity index (χ3v) is 6.30. The lowest BCUT2D eigenvalue weighted by molar-refractivity contribution is -0.135. The van der Waals surface area contributed by atoms with E-state index in [4.69, 9.17) is 9.84 Å². The average Bonchev–Trinajstić information content (AvgIpc) is 2.64. The predicted octanol–water partition coefficient (Wildman–Crippen LogP) is 0.595. The van der Waals surface area contributed by atoms with Gasteiger partial charge in [-0.25, -0.2) is 13.2 Å². The van der Waals surface area contributed by atoms with E-state index in [1.54, 1.807) is 4.90 Å². The summed E-state index contributed by atoms with van der Waals surface area (Å²) in [6.45, 7) is 2.48. The van der Waals surface area contributed by atoms with Gasteiger partial charge in [0.2, 0.25) is 15.9 Å². The average molecular weight is 411 g/mol. The highest BCUT2D eigenvalue weighted by molar-refractivity contribution is 7.88. The Morgan fingerprint density at radius 3 is 2.64 bits per heavy atom. The summed E-state index contributed by atoms with van der Waals surface area (Å²) in [5.41, 5.74) is 2.09. The summed E-state index contributed by atoms with van der Waals surface area (Å²) >= 11 is 0. The third kappa shape index (κ3) is 4.93. The summed E-state index contributed by atoms with van der Waals surface area (Å²) in [5.74, 6) is 0.548. The second kappa shape index (κ2) is 8.36. The van der Waals surface area contributed by atoms with E-state index in [9.17, 15) is 18.0 Å². The Kier molecular flexibility index (Phi) is 6.09. The molecule has 28 heavy (non-hydrogen) atoms. The number of fused-ring (bicyclic) bond motifs is 1.